The third-order valence-corrected chi connectivity index (χ3v) is 4.50. The van der Waals surface area contributed by atoms with Gasteiger partial charge >= 0.3 is 0 Å². The fourth-order valence-electron chi connectivity index (χ4n) is 1.04. The first-order valence-electron chi connectivity index (χ1n) is 3.09. The summed E-state index contributed by atoms with van der Waals surface area (Å²) in [4.78, 5) is 1.47. The van der Waals surface area contributed by atoms with Crippen molar-refractivity contribution in [3.63, 3.8) is 0 Å². The fraction of sp³-hybridized carbons (Fsp3) is 1.00. The van der Waals surface area contributed by atoms with E-state index in [9.17, 15) is 0 Å². The Bertz CT molecular complexity index is 62.9. The lowest BCUT2D eigenvalue weighted by Gasteiger charge is -2.21. The van der Waals surface area contributed by atoms with Gasteiger partial charge in [0.1, 0.15) is 0 Å². The Balaban J connectivity index is 2.28. The largest absolute Gasteiger partial charge is 0.0879 e. The first-order valence-corrected chi connectivity index (χ1v) is 4.92. The van der Waals surface area contributed by atoms with Gasteiger partial charge in [-0.05, 0) is 12.8 Å². The Morgan fingerprint density at radius 2 is 1.25 bits per heavy atom. The van der Waals surface area contributed by atoms with E-state index in [1.807, 2.05) is 0 Å². The Morgan fingerprint density at radius 1 is 0.875 bits per heavy atom. The Hall–Kier alpha value is 0.960. The van der Waals surface area contributed by atoms with Gasteiger partial charge in [0.25, 0.3) is 0 Å². The van der Waals surface area contributed by atoms with Gasteiger partial charge in [-0.1, -0.05) is 44.7 Å². The minimum absolute atomic E-state index is 0.733. The lowest BCUT2D eigenvalue weighted by molar-refractivity contribution is 0.538. The molecule has 0 amide bonds. The van der Waals surface area contributed by atoms with E-state index in [-0.39, 0.29) is 0 Å². The van der Waals surface area contributed by atoms with E-state index in [1.165, 1.54) is 25.7 Å². The SMILES string of the molecule is BrC1CCCCC1Br. The van der Waals surface area contributed by atoms with Crippen LogP contribution in [0.15, 0.2) is 0 Å². The predicted molar refractivity (Wildman–Crippen MR) is 43.9 cm³/mol. The van der Waals surface area contributed by atoms with E-state index in [2.05, 4.69) is 31.9 Å². The van der Waals surface area contributed by atoms with E-state index < -0.39 is 0 Å². The van der Waals surface area contributed by atoms with E-state index in [4.69, 9.17) is 0 Å². The summed E-state index contributed by atoms with van der Waals surface area (Å²) >= 11 is 7.21. The van der Waals surface area contributed by atoms with E-state index in [0.717, 1.165) is 9.65 Å². The summed E-state index contributed by atoms with van der Waals surface area (Å²) in [7, 11) is 0. The third kappa shape index (κ3) is 1.73. The van der Waals surface area contributed by atoms with Gasteiger partial charge in [-0.2, -0.15) is 0 Å². The normalized spacial score (nSPS) is 39.8. The molecule has 0 saturated heterocycles. The maximum absolute atomic E-state index is 3.61. The molecule has 2 unspecified atom stereocenters. The quantitative estimate of drug-likeness (QED) is 0.572. The number of hydrogen-bond acceptors (Lipinski definition) is 0. The van der Waals surface area contributed by atoms with Gasteiger partial charge in [0.05, 0.1) is 0 Å². The zero-order valence-electron chi connectivity index (χ0n) is 4.74. The van der Waals surface area contributed by atoms with Gasteiger partial charge < -0.3 is 0 Å². The van der Waals surface area contributed by atoms with E-state index in [1.54, 1.807) is 0 Å². The zero-order valence-corrected chi connectivity index (χ0v) is 7.91. The highest BCUT2D eigenvalue weighted by Gasteiger charge is 2.18. The summed E-state index contributed by atoms with van der Waals surface area (Å²) < 4.78 is 0. The van der Waals surface area contributed by atoms with Gasteiger partial charge in [-0.15, -0.1) is 0 Å². The molecule has 48 valence electrons. The van der Waals surface area contributed by atoms with Crippen molar-refractivity contribution in [1.29, 1.82) is 0 Å². The lowest BCUT2D eigenvalue weighted by Crippen LogP contribution is -2.17. The van der Waals surface area contributed by atoms with Crippen LogP contribution in [0.3, 0.4) is 0 Å². The van der Waals surface area contributed by atoms with Gasteiger partial charge in [0.15, 0.2) is 0 Å². The molecule has 0 aromatic rings. The van der Waals surface area contributed by atoms with Crippen LogP contribution in [0.4, 0.5) is 0 Å². The molecule has 1 rings (SSSR count). The van der Waals surface area contributed by atoms with Crippen molar-refractivity contribution in [2.24, 2.45) is 0 Å². The molecular formula is C6H10Br2. The van der Waals surface area contributed by atoms with E-state index >= 15 is 0 Å². The number of alkyl halides is 2. The molecule has 0 spiro atoms. The standard InChI is InChI=1S/C6H10Br2/c7-5-3-1-2-4-6(5)8/h5-6H,1-4H2. The number of rotatable bonds is 0. The third-order valence-electron chi connectivity index (χ3n) is 1.60. The molecule has 8 heavy (non-hydrogen) atoms. The van der Waals surface area contributed by atoms with Crippen LogP contribution in [-0.2, 0) is 0 Å². The summed E-state index contributed by atoms with van der Waals surface area (Å²) in [5.41, 5.74) is 0. The Kier molecular flexibility index (Phi) is 2.84. The summed E-state index contributed by atoms with van der Waals surface area (Å²) in [6, 6.07) is 0. The van der Waals surface area contributed by atoms with E-state index in [0.29, 0.717) is 0 Å². The van der Waals surface area contributed by atoms with Crippen LogP contribution >= 0.6 is 31.9 Å². The van der Waals surface area contributed by atoms with Gasteiger partial charge in [-0.3, -0.25) is 0 Å². The van der Waals surface area contributed by atoms with Crippen LogP contribution in [0.2, 0.25) is 0 Å². The number of halogens is 2. The van der Waals surface area contributed by atoms with Crippen LogP contribution in [0.5, 0.6) is 0 Å². The van der Waals surface area contributed by atoms with Crippen molar-refractivity contribution in [2.75, 3.05) is 0 Å². The Morgan fingerprint density at radius 3 is 1.50 bits per heavy atom. The molecule has 2 atom stereocenters. The number of hydrogen-bond donors (Lipinski definition) is 0. The second kappa shape index (κ2) is 3.21. The average Bonchev–Trinajstić information content (AvgIpc) is 1.77. The zero-order chi connectivity index (χ0) is 5.98. The molecule has 0 bridgehead atoms. The second-order valence-electron chi connectivity index (χ2n) is 2.32. The molecule has 0 aliphatic heterocycles. The second-order valence-corrected chi connectivity index (χ2v) is 4.67. The van der Waals surface area contributed by atoms with Gasteiger partial charge in [0, 0.05) is 9.65 Å². The predicted octanol–water partition coefficient (Wildman–Crippen LogP) is 3.09. The van der Waals surface area contributed by atoms with Crippen LogP contribution < -0.4 is 0 Å². The molecule has 1 saturated carbocycles. The topological polar surface area (TPSA) is 0 Å². The summed E-state index contributed by atoms with van der Waals surface area (Å²) in [6.07, 6.45) is 5.49. The summed E-state index contributed by atoms with van der Waals surface area (Å²) in [6.45, 7) is 0. The lowest BCUT2D eigenvalue weighted by atomic mass is 10.0. The molecule has 0 radical (unpaired) electrons. The van der Waals surface area contributed by atoms with Crippen LogP contribution in [0.1, 0.15) is 25.7 Å². The highest BCUT2D eigenvalue weighted by Crippen LogP contribution is 2.29. The van der Waals surface area contributed by atoms with Crippen LogP contribution in [0, 0.1) is 0 Å². The van der Waals surface area contributed by atoms with Crippen LogP contribution in [0.25, 0.3) is 0 Å². The molecule has 1 aliphatic carbocycles. The maximum Gasteiger partial charge on any atom is 0.0271 e. The van der Waals surface area contributed by atoms with Gasteiger partial charge in [-0.25, -0.2) is 0 Å². The molecule has 1 fully saturated rings. The highest BCUT2D eigenvalue weighted by atomic mass is 79.9. The Labute approximate surface area is 67.3 Å². The molecule has 0 nitrogen and oxygen atoms in total. The first kappa shape index (κ1) is 7.07. The molecule has 0 aromatic heterocycles. The maximum atomic E-state index is 3.61. The molecule has 0 aromatic carbocycles. The van der Waals surface area contributed by atoms with Gasteiger partial charge in [0.2, 0.25) is 0 Å². The molecule has 2 heteroatoms. The van der Waals surface area contributed by atoms with Crippen molar-refractivity contribution in [3.8, 4) is 0 Å². The molecule has 1 aliphatic rings. The van der Waals surface area contributed by atoms with Crippen LogP contribution in [-0.4, -0.2) is 9.65 Å². The van der Waals surface area contributed by atoms with Crippen molar-refractivity contribution in [1.82, 2.24) is 0 Å². The van der Waals surface area contributed by atoms with Crippen molar-refractivity contribution < 1.29 is 0 Å². The molecular weight excluding hydrogens is 232 g/mol. The molecule has 0 N–H and O–H groups in total. The first-order chi connectivity index (χ1) is 3.80. The summed E-state index contributed by atoms with van der Waals surface area (Å²) in [5, 5.41) is 0. The minimum Gasteiger partial charge on any atom is -0.0879 e. The smallest absolute Gasteiger partial charge is 0.0271 e. The monoisotopic (exact) mass is 240 g/mol. The fourth-order valence-corrected chi connectivity index (χ4v) is 2.22. The van der Waals surface area contributed by atoms with Crippen molar-refractivity contribution in [2.45, 2.75) is 35.3 Å². The molecule has 0 heterocycles. The van der Waals surface area contributed by atoms with Crippen molar-refractivity contribution >= 4 is 31.9 Å². The van der Waals surface area contributed by atoms with Crippen molar-refractivity contribution in [3.05, 3.63) is 0 Å². The summed E-state index contributed by atoms with van der Waals surface area (Å²) in [5.74, 6) is 0. The average molecular weight is 242 g/mol. The highest BCUT2D eigenvalue weighted by molar-refractivity contribution is 9.12. The minimum atomic E-state index is 0.733.